The Morgan fingerprint density at radius 3 is 2.17 bits per heavy atom. The average molecular weight is 661 g/mol. The number of halogens is 2. The summed E-state index contributed by atoms with van der Waals surface area (Å²) in [7, 11) is -4.12. The quantitative estimate of drug-likeness (QED) is 0.270. The summed E-state index contributed by atoms with van der Waals surface area (Å²) in [6.45, 7) is 3.21. The molecule has 0 aromatic heterocycles. The molecular formula is C31H35BrClN3O4S. The molecule has 7 nitrogen and oxygen atoms in total. The van der Waals surface area contributed by atoms with E-state index in [0.29, 0.717) is 10.7 Å². The normalized spacial score (nSPS) is 14.7. The van der Waals surface area contributed by atoms with Gasteiger partial charge >= 0.3 is 0 Å². The second-order valence-electron chi connectivity index (χ2n) is 10.5. The van der Waals surface area contributed by atoms with Crippen molar-refractivity contribution in [3.8, 4) is 0 Å². The zero-order chi connectivity index (χ0) is 29.6. The summed E-state index contributed by atoms with van der Waals surface area (Å²) in [5.41, 5.74) is 2.03. The van der Waals surface area contributed by atoms with E-state index in [4.69, 9.17) is 11.6 Å². The fourth-order valence-electron chi connectivity index (χ4n) is 4.91. The Hall–Kier alpha value is -2.88. The van der Waals surface area contributed by atoms with E-state index >= 15 is 0 Å². The van der Waals surface area contributed by atoms with Gasteiger partial charge in [0, 0.05) is 22.1 Å². The van der Waals surface area contributed by atoms with E-state index in [9.17, 15) is 18.0 Å². The Bertz CT molecular complexity index is 1440. The molecule has 3 aromatic carbocycles. The number of amides is 2. The van der Waals surface area contributed by atoms with Crippen LogP contribution in [0.3, 0.4) is 0 Å². The van der Waals surface area contributed by atoms with Crippen LogP contribution in [-0.2, 0) is 26.2 Å². The number of hydrogen-bond acceptors (Lipinski definition) is 4. The Balaban J connectivity index is 1.66. The SMILES string of the molecule is Cc1ccc(S(=O)(=O)N(CC(=O)N(Cc2ccc(Br)cc2)C(C)C(=O)NC2CCCCC2)c2ccc(Cl)cc2)cc1. The Morgan fingerprint density at radius 2 is 1.56 bits per heavy atom. The third kappa shape index (κ3) is 8.11. The largest absolute Gasteiger partial charge is 0.352 e. The summed E-state index contributed by atoms with van der Waals surface area (Å²) in [5.74, 6) is -0.744. The number of carbonyl (C=O) groups is 2. The highest BCUT2D eigenvalue weighted by molar-refractivity contribution is 9.10. The number of carbonyl (C=O) groups excluding carboxylic acids is 2. The molecule has 10 heteroatoms. The molecule has 3 aromatic rings. The van der Waals surface area contributed by atoms with E-state index in [-0.39, 0.29) is 23.4 Å². The van der Waals surface area contributed by atoms with Gasteiger partial charge in [-0.15, -0.1) is 0 Å². The third-order valence-electron chi connectivity index (χ3n) is 7.39. The van der Waals surface area contributed by atoms with Crippen LogP contribution in [-0.4, -0.2) is 43.8 Å². The molecule has 1 saturated carbocycles. The van der Waals surface area contributed by atoms with Gasteiger partial charge in [-0.25, -0.2) is 8.42 Å². The fraction of sp³-hybridized carbons (Fsp3) is 0.355. The van der Waals surface area contributed by atoms with Crippen molar-refractivity contribution < 1.29 is 18.0 Å². The molecule has 0 bridgehead atoms. The predicted octanol–water partition coefficient (Wildman–Crippen LogP) is 6.47. The van der Waals surface area contributed by atoms with Crippen molar-refractivity contribution in [3.05, 3.63) is 93.4 Å². The lowest BCUT2D eigenvalue weighted by Gasteiger charge is -2.33. The first-order valence-corrected chi connectivity index (χ1v) is 16.3. The van der Waals surface area contributed by atoms with Crippen molar-refractivity contribution in [2.75, 3.05) is 10.8 Å². The third-order valence-corrected chi connectivity index (χ3v) is 9.96. The fourth-order valence-corrected chi connectivity index (χ4v) is 6.72. The molecule has 1 fully saturated rings. The molecule has 1 aliphatic carbocycles. The van der Waals surface area contributed by atoms with Crippen molar-refractivity contribution in [2.45, 2.75) is 69.5 Å². The molecule has 0 radical (unpaired) electrons. The minimum Gasteiger partial charge on any atom is -0.352 e. The molecule has 218 valence electrons. The molecule has 0 saturated heterocycles. The van der Waals surface area contributed by atoms with E-state index in [1.807, 2.05) is 31.2 Å². The van der Waals surface area contributed by atoms with Crippen LogP contribution in [0, 0.1) is 6.92 Å². The maximum absolute atomic E-state index is 14.0. The first kappa shape index (κ1) is 31.1. The number of nitrogens with one attached hydrogen (secondary N) is 1. The first-order valence-electron chi connectivity index (χ1n) is 13.7. The minimum atomic E-state index is -4.12. The van der Waals surface area contributed by atoms with Crippen LogP contribution in [0.4, 0.5) is 5.69 Å². The minimum absolute atomic E-state index is 0.0633. The number of anilines is 1. The van der Waals surface area contributed by atoms with Gasteiger partial charge < -0.3 is 10.2 Å². The number of rotatable bonds is 10. The van der Waals surface area contributed by atoms with E-state index < -0.39 is 28.5 Å². The van der Waals surface area contributed by atoms with Crippen LogP contribution in [0.1, 0.15) is 50.2 Å². The van der Waals surface area contributed by atoms with Gasteiger partial charge in [-0.3, -0.25) is 13.9 Å². The molecule has 2 amide bonds. The smallest absolute Gasteiger partial charge is 0.264 e. The van der Waals surface area contributed by atoms with Crippen molar-refractivity contribution in [2.24, 2.45) is 0 Å². The van der Waals surface area contributed by atoms with E-state index in [1.54, 1.807) is 43.3 Å². The van der Waals surface area contributed by atoms with Crippen LogP contribution < -0.4 is 9.62 Å². The summed E-state index contributed by atoms with van der Waals surface area (Å²) in [4.78, 5) is 28.9. The van der Waals surface area contributed by atoms with Gasteiger partial charge in [0.05, 0.1) is 10.6 Å². The molecule has 41 heavy (non-hydrogen) atoms. The van der Waals surface area contributed by atoms with Crippen LogP contribution in [0.25, 0.3) is 0 Å². The summed E-state index contributed by atoms with van der Waals surface area (Å²) < 4.78 is 29.7. The summed E-state index contributed by atoms with van der Waals surface area (Å²) in [6.07, 6.45) is 5.12. The van der Waals surface area contributed by atoms with E-state index in [1.165, 1.54) is 17.0 Å². The molecule has 4 rings (SSSR count). The highest BCUT2D eigenvalue weighted by Crippen LogP contribution is 2.26. The van der Waals surface area contributed by atoms with Crippen molar-refractivity contribution in [1.29, 1.82) is 0 Å². The summed E-state index contributed by atoms with van der Waals surface area (Å²) in [5, 5.41) is 3.56. The van der Waals surface area contributed by atoms with E-state index in [2.05, 4.69) is 21.2 Å². The second-order valence-corrected chi connectivity index (χ2v) is 13.7. The van der Waals surface area contributed by atoms with Crippen LogP contribution in [0.15, 0.2) is 82.2 Å². The van der Waals surface area contributed by atoms with Crippen LogP contribution in [0.2, 0.25) is 5.02 Å². The van der Waals surface area contributed by atoms with Crippen molar-refractivity contribution in [1.82, 2.24) is 10.2 Å². The Morgan fingerprint density at radius 1 is 0.951 bits per heavy atom. The molecule has 1 atom stereocenters. The first-order chi connectivity index (χ1) is 19.5. The lowest BCUT2D eigenvalue weighted by atomic mass is 9.95. The second kappa shape index (κ2) is 13.9. The van der Waals surface area contributed by atoms with Crippen molar-refractivity contribution >= 4 is 55.1 Å². The topological polar surface area (TPSA) is 86.8 Å². The zero-order valence-corrected chi connectivity index (χ0v) is 26.4. The predicted molar refractivity (Wildman–Crippen MR) is 166 cm³/mol. The number of nitrogens with zero attached hydrogens (tertiary/aromatic N) is 2. The number of aryl methyl sites for hydroxylation is 1. The van der Waals surface area contributed by atoms with Gasteiger partial charge in [0.1, 0.15) is 12.6 Å². The average Bonchev–Trinajstić information content (AvgIpc) is 2.96. The van der Waals surface area contributed by atoms with Gasteiger partial charge in [0.15, 0.2) is 0 Å². The highest BCUT2D eigenvalue weighted by atomic mass is 79.9. The summed E-state index contributed by atoms with van der Waals surface area (Å²) in [6, 6.07) is 19.5. The molecular weight excluding hydrogens is 626 g/mol. The Kier molecular flexibility index (Phi) is 10.5. The van der Waals surface area contributed by atoms with Crippen LogP contribution in [0.5, 0.6) is 0 Å². The van der Waals surface area contributed by atoms with Gasteiger partial charge in [0.25, 0.3) is 10.0 Å². The molecule has 1 unspecified atom stereocenters. The van der Waals surface area contributed by atoms with Gasteiger partial charge in [-0.1, -0.05) is 76.6 Å². The maximum atomic E-state index is 14.0. The highest BCUT2D eigenvalue weighted by Gasteiger charge is 2.33. The monoisotopic (exact) mass is 659 g/mol. The summed E-state index contributed by atoms with van der Waals surface area (Å²) >= 11 is 9.52. The molecule has 0 aliphatic heterocycles. The van der Waals surface area contributed by atoms with Crippen LogP contribution >= 0.6 is 27.5 Å². The molecule has 0 heterocycles. The number of benzene rings is 3. The lowest BCUT2D eigenvalue weighted by Crippen LogP contribution is -2.53. The number of sulfonamides is 1. The lowest BCUT2D eigenvalue weighted by molar-refractivity contribution is -0.139. The Labute approximate surface area is 256 Å². The zero-order valence-electron chi connectivity index (χ0n) is 23.2. The van der Waals surface area contributed by atoms with Gasteiger partial charge in [-0.2, -0.15) is 0 Å². The van der Waals surface area contributed by atoms with E-state index in [0.717, 1.165) is 52.0 Å². The van der Waals surface area contributed by atoms with Gasteiger partial charge in [-0.05, 0) is 80.8 Å². The number of hydrogen-bond donors (Lipinski definition) is 1. The molecule has 0 spiro atoms. The molecule has 1 aliphatic rings. The van der Waals surface area contributed by atoms with Crippen molar-refractivity contribution in [3.63, 3.8) is 0 Å². The van der Waals surface area contributed by atoms with Gasteiger partial charge in [0.2, 0.25) is 11.8 Å². The molecule has 1 N–H and O–H groups in total. The maximum Gasteiger partial charge on any atom is 0.264 e. The standard InChI is InChI=1S/C31H35BrClN3O4S/c1-22-8-18-29(19-9-22)41(39,40)36(28-16-14-26(33)15-17-28)21-30(37)35(20-24-10-12-25(32)13-11-24)23(2)31(38)34-27-6-4-3-5-7-27/h8-19,23,27H,3-7,20-21H2,1-2H3,(H,34,38).